The Hall–Kier alpha value is -2.39. The van der Waals surface area contributed by atoms with Crippen LogP contribution in [0.5, 0.6) is 0 Å². The maximum Gasteiger partial charge on any atom is 0.258 e. The minimum atomic E-state index is -3.99. The van der Waals surface area contributed by atoms with Crippen LogP contribution in [0.25, 0.3) is 0 Å². The van der Waals surface area contributed by atoms with Crippen molar-refractivity contribution in [3.8, 4) is 0 Å². The molecule has 3 rings (SSSR count). The monoisotopic (exact) mass is 442 g/mol. The quantitative estimate of drug-likeness (QED) is 0.589. The number of hydrogen-bond acceptors (Lipinski definition) is 4. The molecule has 0 aliphatic carbocycles. The molecule has 0 aliphatic heterocycles. The second-order valence-electron chi connectivity index (χ2n) is 5.63. The Bertz CT molecular complexity index is 1120. The molecule has 0 bridgehead atoms. The number of sulfonamides is 1. The molecule has 146 valence electrons. The van der Waals surface area contributed by atoms with Crippen molar-refractivity contribution in [3.05, 3.63) is 82.0 Å². The van der Waals surface area contributed by atoms with E-state index in [1.165, 1.54) is 24.5 Å². The minimum absolute atomic E-state index is 0.0858. The van der Waals surface area contributed by atoms with Gasteiger partial charge in [0.15, 0.2) is 0 Å². The van der Waals surface area contributed by atoms with Gasteiger partial charge >= 0.3 is 0 Å². The topological polar surface area (TPSA) is 88.4 Å². The van der Waals surface area contributed by atoms with Crippen LogP contribution in [0.1, 0.15) is 16.1 Å². The maximum absolute atomic E-state index is 14.1. The zero-order valence-electron chi connectivity index (χ0n) is 14.1. The van der Waals surface area contributed by atoms with Crippen LogP contribution in [0.2, 0.25) is 10.0 Å². The third-order valence-corrected chi connectivity index (χ3v) is 5.82. The van der Waals surface area contributed by atoms with Gasteiger partial charge < -0.3 is 9.73 Å². The van der Waals surface area contributed by atoms with E-state index in [9.17, 15) is 17.6 Å². The fraction of sp³-hybridized carbons (Fsp3) is 0.0556. The van der Waals surface area contributed by atoms with Crippen molar-refractivity contribution < 1.29 is 22.0 Å². The van der Waals surface area contributed by atoms with Crippen LogP contribution in [0.4, 0.5) is 10.1 Å². The van der Waals surface area contributed by atoms with Crippen LogP contribution >= 0.6 is 23.2 Å². The first-order chi connectivity index (χ1) is 13.3. The van der Waals surface area contributed by atoms with E-state index < -0.39 is 27.3 Å². The highest BCUT2D eigenvalue weighted by molar-refractivity contribution is 7.89. The number of amides is 1. The van der Waals surface area contributed by atoms with Gasteiger partial charge in [-0.2, -0.15) is 0 Å². The second-order valence-corrected chi connectivity index (χ2v) is 8.21. The summed E-state index contributed by atoms with van der Waals surface area (Å²) in [5.74, 6) is -1.30. The number of halogens is 3. The van der Waals surface area contributed by atoms with E-state index in [0.29, 0.717) is 10.8 Å². The first-order valence-corrected chi connectivity index (χ1v) is 10.1. The number of carbonyl (C=O) groups is 1. The predicted molar refractivity (Wildman–Crippen MR) is 104 cm³/mol. The SMILES string of the molecule is O=C(Nc1ccc(Cl)c(Cl)c1)c1cc(S(=O)(=O)NCc2ccco2)ccc1F. The normalized spacial score (nSPS) is 11.4. The molecular formula is C18H13Cl2FN2O4S. The van der Waals surface area contributed by atoms with Gasteiger partial charge in [0.25, 0.3) is 5.91 Å². The van der Waals surface area contributed by atoms with E-state index in [2.05, 4.69) is 10.0 Å². The average Bonchev–Trinajstić information content (AvgIpc) is 3.17. The average molecular weight is 443 g/mol. The Kier molecular flexibility index (Phi) is 6.04. The summed E-state index contributed by atoms with van der Waals surface area (Å²) < 4.78 is 46.3. The van der Waals surface area contributed by atoms with Gasteiger partial charge in [0.2, 0.25) is 10.0 Å². The van der Waals surface area contributed by atoms with E-state index in [1.54, 1.807) is 12.1 Å². The maximum atomic E-state index is 14.1. The number of nitrogens with one attached hydrogen (secondary N) is 2. The lowest BCUT2D eigenvalue weighted by Gasteiger charge is -2.10. The van der Waals surface area contributed by atoms with E-state index in [-0.39, 0.29) is 22.2 Å². The molecule has 28 heavy (non-hydrogen) atoms. The molecule has 0 unspecified atom stereocenters. The van der Waals surface area contributed by atoms with E-state index >= 15 is 0 Å². The highest BCUT2D eigenvalue weighted by atomic mass is 35.5. The first-order valence-electron chi connectivity index (χ1n) is 7.84. The smallest absolute Gasteiger partial charge is 0.258 e. The van der Waals surface area contributed by atoms with Crippen LogP contribution < -0.4 is 10.0 Å². The Balaban J connectivity index is 1.81. The highest BCUT2D eigenvalue weighted by Crippen LogP contribution is 2.25. The molecule has 0 saturated carbocycles. The van der Waals surface area contributed by atoms with Crippen molar-refractivity contribution in [1.29, 1.82) is 0 Å². The molecule has 10 heteroatoms. The van der Waals surface area contributed by atoms with Crippen molar-refractivity contribution in [3.63, 3.8) is 0 Å². The Labute approximate surface area is 170 Å². The van der Waals surface area contributed by atoms with Gasteiger partial charge in [0.1, 0.15) is 11.6 Å². The fourth-order valence-corrected chi connectivity index (χ4v) is 3.60. The summed E-state index contributed by atoms with van der Waals surface area (Å²) in [5, 5.41) is 2.95. The lowest BCUT2D eigenvalue weighted by molar-refractivity contribution is 0.102. The van der Waals surface area contributed by atoms with Crippen LogP contribution in [0.15, 0.2) is 64.1 Å². The van der Waals surface area contributed by atoms with Crippen LogP contribution in [0.3, 0.4) is 0 Å². The molecule has 2 aromatic carbocycles. The summed E-state index contributed by atoms with van der Waals surface area (Å²) in [6.07, 6.45) is 1.41. The van der Waals surface area contributed by atoms with Crippen LogP contribution in [-0.2, 0) is 16.6 Å². The first kappa shape index (κ1) is 20.3. The lowest BCUT2D eigenvalue weighted by Crippen LogP contribution is -2.24. The van der Waals surface area contributed by atoms with Crippen molar-refractivity contribution >= 4 is 44.8 Å². The van der Waals surface area contributed by atoms with E-state index in [0.717, 1.165) is 18.2 Å². The number of furan rings is 1. The third kappa shape index (κ3) is 4.71. The number of benzene rings is 2. The molecule has 6 nitrogen and oxygen atoms in total. The molecule has 1 amide bonds. The van der Waals surface area contributed by atoms with Crippen molar-refractivity contribution in [1.82, 2.24) is 4.72 Å². The largest absolute Gasteiger partial charge is 0.468 e. The summed E-state index contributed by atoms with van der Waals surface area (Å²) in [6.45, 7) is -0.0858. The molecule has 3 aromatic rings. The van der Waals surface area contributed by atoms with Crippen LogP contribution in [-0.4, -0.2) is 14.3 Å². The third-order valence-electron chi connectivity index (χ3n) is 3.69. The summed E-state index contributed by atoms with van der Waals surface area (Å²) in [6, 6.07) is 10.5. The Morgan fingerprint density at radius 1 is 1.07 bits per heavy atom. The molecule has 0 aliphatic rings. The number of anilines is 1. The minimum Gasteiger partial charge on any atom is -0.468 e. The zero-order valence-corrected chi connectivity index (χ0v) is 16.4. The molecule has 0 fully saturated rings. The van der Waals surface area contributed by atoms with E-state index in [4.69, 9.17) is 27.6 Å². The number of rotatable bonds is 6. The summed E-state index contributed by atoms with van der Waals surface area (Å²) in [5.41, 5.74) is -0.157. The molecule has 0 spiro atoms. The van der Waals surface area contributed by atoms with Gasteiger partial charge in [0, 0.05) is 5.69 Å². The fourth-order valence-electron chi connectivity index (χ4n) is 2.28. The van der Waals surface area contributed by atoms with Crippen LogP contribution in [0, 0.1) is 5.82 Å². The summed E-state index contributed by atoms with van der Waals surface area (Å²) in [4.78, 5) is 12.1. The zero-order chi connectivity index (χ0) is 20.3. The van der Waals surface area contributed by atoms with Gasteiger partial charge in [-0.15, -0.1) is 0 Å². The molecule has 0 saturated heterocycles. The van der Waals surface area contributed by atoms with Gasteiger partial charge in [-0.25, -0.2) is 17.5 Å². The second kappa shape index (κ2) is 8.32. The molecule has 0 atom stereocenters. The molecule has 1 heterocycles. The van der Waals surface area contributed by atoms with Crippen molar-refractivity contribution in [2.45, 2.75) is 11.4 Å². The number of hydrogen-bond donors (Lipinski definition) is 2. The summed E-state index contributed by atoms with van der Waals surface area (Å²) >= 11 is 11.7. The molecule has 1 aromatic heterocycles. The van der Waals surface area contributed by atoms with Gasteiger partial charge in [0.05, 0.1) is 33.3 Å². The number of carbonyl (C=O) groups excluding carboxylic acids is 1. The Morgan fingerprint density at radius 3 is 2.54 bits per heavy atom. The lowest BCUT2D eigenvalue weighted by atomic mass is 10.2. The predicted octanol–water partition coefficient (Wildman–Crippen LogP) is 4.46. The molecule has 2 N–H and O–H groups in total. The van der Waals surface area contributed by atoms with Gasteiger partial charge in [-0.3, -0.25) is 4.79 Å². The highest BCUT2D eigenvalue weighted by Gasteiger charge is 2.20. The Morgan fingerprint density at radius 2 is 1.86 bits per heavy atom. The van der Waals surface area contributed by atoms with E-state index in [1.807, 2.05) is 0 Å². The van der Waals surface area contributed by atoms with Crippen molar-refractivity contribution in [2.75, 3.05) is 5.32 Å². The molecule has 0 radical (unpaired) electrons. The summed E-state index contributed by atoms with van der Waals surface area (Å²) in [7, 11) is -3.99. The van der Waals surface area contributed by atoms with Gasteiger partial charge in [-0.05, 0) is 48.5 Å². The van der Waals surface area contributed by atoms with Gasteiger partial charge in [-0.1, -0.05) is 23.2 Å². The standard InChI is InChI=1S/C18H13Cl2FN2O4S/c19-15-5-3-11(8-16(15)20)23-18(24)14-9-13(4-6-17(14)21)28(25,26)22-10-12-2-1-7-27-12/h1-9,22H,10H2,(H,23,24). The van der Waals surface area contributed by atoms with Crippen molar-refractivity contribution in [2.24, 2.45) is 0 Å². The molecular weight excluding hydrogens is 430 g/mol.